The molecule has 2 atom stereocenters. The number of aromatic nitrogens is 2. The molecule has 0 unspecified atom stereocenters. The summed E-state index contributed by atoms with van der Waals surface area (Å²) in [4.78, 5) is 13.3. The second kappa shape index (κ2) is 7.60. The van der Waals surface area contributed by atoms with Crippen molar-refractivity contribution in [2.75, 3.05) is 25.0 Å². The van der Waals surface area contributed by atoms with Crippen molar-refractivity contribution in [3.05, 3.63) is 46.7 Å². The van der Waals surface area contributed by atoms with Crippen molar-refractivity contribution < 1.29 is 9.50 Å². The van der Waals surface area contributed by atoms with Crippen LogP contribution in [-0.4, -0.2) is 45.7 Å². The van der Waals surface area contributed by atoms with Crippen molar-refractivity contribution in [3.63, 3.8) is 0 Å². The molecule has 5 rings (SSSR count). The summed E-state index contributed by atoms with van der Waals surface area (Å²) in [6.45, 7) is 4.13. The first-order chi connectivity index (χ1) is 14.2. The Labute approximate surface area is 175 Å². The zero-order valence-electron chi connectivity index (χ0n) is 15.9. The number of aliphatic hydroxyl groups is 1. The van der Waals surface area contributed by atoms with Gasteiger partial charge in [0.1, 0.15) is 10.3 Å². The van der Waals surface area contributed by atoms with Crippen LogP contribution in [0.3, 0.4) is 0 Å². The van der Waals surface area contributed by atoms with Gasteiger partial charge in [-0.3, -0.25) is 4.90 Å². The zero-order chi connectivity index (χ0) is 20.0. The minimum atomic E-state index is -0.326. The molecule has 0 spiro atoms. The summed E-state index contributed by atoms with van der Waals surface area (Å²) in [5.41, 5.74) is 3.34. The van der Waals surface area contributed by atoms with Gasteiger partial charge in [-0.15, -0.1) is 22.7 Å². The third kappa shape index (κ3) is 3.30. The maximum Gasteiger partial charge on any atom is 0.173 e. The molecule has 1 aliphatic rings. The fraction of sp³-hybridized carbons (Fsp3) is 0.333. The van der Waals surface area contributed by atoms with Crippen molar-refractivity contribution in [3.8, 4) is 0 Å². The zero-order valence-corrected chi connectivity index (χ0v) is 17.6. The number of likely N-dealkylation sites (tertiary alicyclic amines) is 1. The number of aliphatic hydroxyl groups excluding tert-OH is 1. The molecule has 0 saturated carbocycles. The van der Waals surface area contributed by atoms with E-state index in [4.69, 9.17) is 0 Å². The van der Waals surface area contributed by atoms with E-state index in [1.54, 1.807) is 29.1 Å². The van der Waals surface area contributed by atoms with Crippen molar-refractivity contribution in [1.29, 1.82) is 0 Å². The van der Waals surface area contributed by atoms with Crippen LogP contribution in [0.2, 0.25) is 0 Å². The summed E-state index contributed by atoms with van der Waals surface area (Å²) in [6, 6.07) is 8.13. The minimum absolute atomic E-state index is 0.188. The lowest BCUT2D eigenvalue weighted by Crippen LogP contribution is -2.31. The first-order valence-corrected chi connectivity index (χ1v) is 11.4. The Morgan fingerprint density at radius 3 is 3.03 bits per heavy atom. The molecule has 0 aliphatic carbocycles. The first-order valence-electron chi connectivity index (χ1n) is 9.68. The number of thiophene rings is 1. The minimum Gasteiger partial charge on any atom is -0.395 e. The SMILES string of the molecule is C[C@H]1[C@H](c2cc3c(Nc4ccc5scnc5c4F)ccnc3s2)CCN1CCO. The number of hydrogen-bond acceptors (Lipinski definition) is 7. The number of pyridine rings is 1. The number of nitrogens with zero attached hydrogens (tertiary/aromatic N) is 3. The van der Waals surface area contributed by atoms with Gasteiger partial charge < -0.3 is 10.4 Å². The third-order valence-corrected chi connectivity index (χ3v) is 7.77. The quantitative estimate of drug-likeness (QED) is 0.471. The highest BCUT2D eigenvalue weighted by Crippen LogP contribution is 2.41. The highest BCUT2D eigenvalue weighted by Gasteiger charge is 2.32. The average Bonchev–Trinajstić information content (AvgIpc) is 3.43. The standard InChI is InChI=1S/C21H21FN4OS2/c1-12-13(5-7-26(12)8-9-27)18-10-14-15(4-6-23-21(14)29-18)25-16-2-3-17-20(19(16)22)24-11-28-17/h2-4,6,10-13,27H,5,7-9H2,1H3,(H,23,25)/t12-,13+/m0/s1. The third-order valence-electron chi connectivity index (χ3n) is 5.80. The summed E-state index contributed by atoms with van der Waals surface area (Å²) < 4.78 is 15.7. The number of β-amino-alcohol motifs (C(OH)–C–C–N with tert-alkyl or cyclic N) is 1. The molecule has 1 aromatic carbocycles. The number of thiazole rings is 1. The Bertz CT molecular complexity index is 1170. The predicted octanol–water partition coefficient (Wildman–Crippen LogP) is 4.96. The topological polar surface area (TPSA) is 61.3 Å². The van der Waals surface area contributed by atoms with Crippen molar-refractivity contribution >= 4 is 54.5 Å². The number of fused-ring (bicyclic) bond motifs is 2. The van der Waals surface area contributed by atoms with E-state index >= 15 is 0 Å². The second-order valence-electron chi connectivity index (χ2n) is 7.37. The van der Waals surface area contributed by atoms with Crippen LogP contribution in [-0.2, 0) is 0 Å². The van der Waals surface area contributed by atoms with Crippen LogP contribution in [0.15, 0.2) is 36.0 Å². The van der Waals surface area contributed by atoms with E-state index in [1.165, 1.54) is 16.2 Å². The van der Waals surface area contributed by atoms with Gasteiger partial charge >= 0.3 is 0 Å². The van der Waals surface area contributed by atoms with E-state index in [2.05, 4.69) is 33.2 Å². The van der Waals surface area contributed by atoms with E-state index in [0.29, 0.717) is 29.7 Å². The van der Waals surface area contributed by atoms with Gasteiger partial charge in [-0.25, -0.2) is 14.4 Å². The number of halogens is 1. The Morgan fingerprint density at radius 2 is 2.17 bits per heavy atom. The fourth-order valence-electron chi connectivity index (χ4n) is 4.22. The second-order valence-corrected chi connectivity index (χ2v) is 9.32. The molecule has 0 radical (unpaired) electrons. The van der Waals surface area contributed by atoms with Crippen LogP contribution >= 0.6 is 22.7 Å². The van der Waals surface area contributed by atoms with Crippen LogP contribution in [0.4, 0.5) is 15.8 Å². The van der Waals surface area contributed by atoms with Crippen LogP contribution < -0.4 is 5.32 Å². The number of rotatable bonds is 5. The molecule has 4 heterocycles. The monoisotopic (exact) mass is 428 g/mol. The van der Waals surface area contributed by atoms with Gasteiger partial charge in [0.05, 0.1) is 28.2 Å². The molecule has 150 valence electrons. The van der Waals surface area contributed by atoms with Crippen LogP contribution in [0.1, 0.15) is 24.1 Å². The summed E-state index contributed by atoms with van der Waals surface area (Å²) in [7, 11) is 0. The molecular formula is C21H21FN4OS2. The van der Waals surface area contributed by atoms with Gasteiger partial charge in [0.2, 0.25) is 0 Å². The molecule has 29 heavy (non-hydrogen) atoms. The Morgan fingerprint density at radius 1 is 1.28 bits per heavy atom. The Hall–Kier alpha value is -2.13. The van der Waals surface area contributed by atoms with E-state index in [9.17, 15) is 9.50 Å². The summed E-state index contributed by atoms with van der Waals surface area (Å²) >= 11 is 3.14. The molecular weight excluding hydrogens is 407 g/mol. The molecule has 3 aromatic heterocycles. The lowest BCUT2D eigenvalue weighted by atomic mass is 9.99. The van der Waals surface area contributed by atoms with Gasteiger partial charge in [0.15, 0.2) is 5.82 Å². The first kappa shape index (κ1) is 18.9. The van der Waals surface area contributed by atoms with Gasteiger partial charge in [-0.1, -0.05) is 0 Å². The van der Waals surface area contributed by atoms with E-state index in [0.717, 1.165) is 33.6 Å². The van der Waals surface area contributed by atoms with Crippen molar-refractivity contribution in [2.45, 2.75) is 25.3 Å². The molecule has 5 nitrogen and oxygen atoms in total. The molecule has 8 heteroatoms. The summed E-state index contributed by atoms with van der Waals surface area (Å²) in [5.74, 6) is 0.102. The summed E-state index contributed by atoms with van der Waals surface area (Å²) in [6.07, 6.45) is 2.84. The molecule has 0 amide bonds. The lowest BCUT2D eigenvalue weighted by molar-refractivity contribution is 0.188. The smallest absolute Gasteiger partial charge is 0.173 e. The van der Waals surface area contributed by atoms with E-state index in [-0.39, 0.29) is 12.4 Å². The van der Waals surface area contributed by atoms with Crippen LogP contribution in [0.25, 0.3) is 20.4 Å². The molecule has 1 aliphatic heterocycles. The maximum atomic E-state index is 14.8. The highest BCUT2D eigenvalue weighted by atomic mass is 32.1. The number of hydrogen-bond donors (Lipinski definition) is 2. The number of anilines is 2. The fourth-order valence-corrected chi connectivity index (χ4v) is 6.15. The van der Waals surface area contributed by atoms with Gasteiger partial charge in [0.25, 0.3) is 0 Å². The van der Waals surface area contributed by atoms with E-state index in [1.807, 2.05) is 12.1 Å². The largest absolute Gasteiger partial charge is 0.395 e. The number of benzene rings is 1. The maximum absolute atomic E-state index is 14.8. The number of nitrogens with one attached hydrogen (secondary N) is 1. The highest BCUT2D eigenvalue weighted by molar-refractivity contribution is 7.18. The van der Waals surface area contributed by atoms with Crippen molar-refractivity contribution in [2.24, 2.45) is 0 Å². The normalized spacial score (nSPS) is 20.1. The molecule has 1 fully saturated rings. The van der Waals surface area contributed by atoms with Gasteiger partial charge in [0, 0.05) is 35.0 Å². The van der Waals surface area contributed by atoms with Crippen LogP contribution in [0, 0.1) is 5.82 Å². The lowest BCUT2D eigenvalue weighted by Gasteiger charge is -2.23. The predicted molar refractivity (Wildman–Crippen MR) is 118 cm³/mol. The summed E-state index contributed by atoms with van der Waals surface area (Å²) in [5, 5.41) is 13.5. The van der Waals surface area contributed by atoms with Gasteiger partial charge in [-0.05, 0) is 44.2 Å². The Kier molecular flexibility index (Phi) is 4.95. The molecule has 0 bridgehead atoms. The van der Waals surface area contributed by atoms with Crippen molar-refractivity contribution in [1.82, 2.24) is 14.9 Å². The molecule has 4 aromatic rings. The average molecular weight is 429 g/mol. The van der Waals surface area contributed by atoms with Gasteiger partial charge in [-0.2, -0.15) is 0 Å². The van der Waals surface area contributed by atoms with Crippen LogP contribution in [0.5, 0.6) is 0 Å². The van der Waals surface area contributed by atoms with E-state index < -0.39 is 0 Å². The molecule has 2 N–H and O–H groups in total. The Balaban J connectivity index is 1.48. The molecule has 1 saturated heterocycles.